The summed E-state index contributed by atoms with van der Waals surface area (Å²) < 4.78 is 5.85. The molecule has 1 aromatic heterocycles. The highest BCUT2D eigenvalue weighted by Gasteiger charge is 2.47. The average molecular weight is 354 g/mol. The SMILES string of the molecule is CCN1CCC2(CC1)CC(c1nnc(C)o1)N(CCc1ccccc1)C2. The van der Waals surface area contributed by atoms with Crippen molar-refractivity contribution < 1.29 is 4.42 Å². The molecule has 2 saturated heterocycles. The minimum absolute atomic E-state index is 0.271. The lowest BCUT2D eigenvalue weighted by Crippen LogP contribution is -2.41. The lowest BCUT2D eigenvalue weighted by atomic mass is 9.76. The standard InChI is InChI=1S/C21H30N4O/c1-3-24-13-10-21(11-14-24)15-19(20-23-22-17(2)26-20)25(16-21)12-9-18-7-5-4-6-8-18/h4-8,19H,3,9-16H2,1-2H3. The van der Waals surface area contributed by atoms with Crippen LogP contribution in [0.15, 0.2) is 34.7 Å². The van der Waals surface area contributed by atoms with Crippen LogP contribution >= 0.6 is 0 Å². The van der Waals surface area contributed by atoms with Crippen molar-refractivity contribution in [2.75, 3.05) is 32.7 Å². The van der Waals surface area contributed by atoms with Crippen LogP contribution in [0.5, 0.6) is 0 Å². The van der Waals surface area contributed by atoms with Gasteiger partial charge in [0.25, 0.3) is 0 Å². The van der Waals surface area contributed by atoms with Gasteiger partial charge in [0, 0.05) is 20.0 Å². The minimum Gasteiger partial charge on any atom is -0.424 e. The highest BCUT2D eigenvalue weighted by atomic mass is 16.4. The molecule has 26 heavy (non-hydrogen) atoms. The van der Waals surface area contributed by atoms with Crippen molar-refractivity contribution in [3.05, 3.63) is 47.7 Å². The number of piperidine rings is 1. The van der Waals surface area contributed by atoms with E-state index < -0.39 is 0 Å². The Labute approximate surface area is 156 Å². The van der Waals surface area contributed by atoms with Gasteiger partial charge in [-0.2, -0.15) is 0 Å². The zero-order valence-corrected chi connectivity index (χ0v) is 16.0. The summed E-state index contributed by atoms with van der Waals surface area (Å²) >= 11 is 0. The molecule has 1 aromatic carbocycles. The molecular weight excluding hydrogens is 324 g/mol. The Balaban J connectivity index is 1.49. The first kappa shape index (κ1) is 17.7. The second kappa shape index (κ2) is 7.49. The molecule has 1 atom stereocenters. The molecule has 2 aliphatic rings. The molecule has 0 N–H and O–H groups in total. The molecular formula is C21H30N4O. The van der Waals surface area contributed by atoms with Gasteiger partial charge in [-0.1, -0.05) is 37.3 Å². The first-order valence-corrected chi connectivity index (χ1v) is 9.98. The Morgan fingerprint density at radius 2 is 1.92 bits per heavy atom. The normalized spacial score (nSPS) is 23.7. The molecule has 2 fully saturated rings. The summed E-state index contributed by atoms with van der Waals surface area (Å²) in [6.07, 6.45) is 4.79. The molecule has 0 amide bonds. The predicted molar refractivity (Wildman–Crippen MR) is 102 cm³/mol. The summed E-state index contributed by atoms with van der Waals surface area (Å²) in [5.41, 5.74) is 1.81. The van der Waals surface area contributed by atoms with Crippen molar-refractivity contribution in [3.63, 3.8) is 0 Å². The summed E-state index contributed by atoms with van der Waals surface area (Å²) in [5, 5.41) is 8.46. The Kier molecular flexibility index (Phi) is 5.09. The van der Waals surface area contributed by atoms with Gasteiger partial charge in [0.15, 0.2) is 0 Å². The summed E-state index contributed by atoms with van der Waals surface area (Å²) in [6.45, 7) is 9.97. The summed E-state index contributed by atoms with van der Waals surface area (Å²) in [6, 6.07) is 11.0. The van der Waals surface area contributed by atoms with Gasteiger partial charge in [-0.25, -0.2) is 0 Å². The maximum absolute atomic E-state index is 5.85. The Morgan fingerprint density at radius 1 is 1.15 bits per heavy atom. The van der Waals surface area contributed by atoms with Crippen molar-refractivity contribution in [3.8, 4) is 0 Å². The highest BCUT2D eigenvalue weighted by molar-refractivity contribution is 5.15. The third-order valence-electron chi connectivity index (χ3n) is 6.33. The van der Waals surface area contributed by atoms with E-state index in [-0.39, 0.29) is 6.04 Å². The zero-order chi connectivity index (χ0) is 18.0. The second-order valence-corrected chi connectivity index (χ2v) is 8.02. The van der Waals surface area contributed by atoms with E-state index in [1.807, 2.05) is 6.92 Å². The van der Waals surface area contributed by atoms with Crippen LogP contribution in [0.3, 0.4) is 0 Å². The van der Waals surface area contributed by atoms with Gasteiger partial charge < -0.3 is 9.32 Å². The topological polar surface area (TPSA) is 45.4 Å². The van der Waals surface area contributed by atoms with Crippen molar-refractivity contribution in [1.82, 2.24) is 20.0 Å². The van der Waals surface area contributed by atoms with E-state index in [2.05, 4.69) is 57.3 Å². The maximum atomic E-state index is 5.85. The molecule has 0 saturated carbocycles. The van der Waals surface area contributed by atoms with E-state index in [1.54, 1.807) is 0 Å². The molecule has 2 aromatic rings. The van der Waals surface area contributed by atoms with E-state index in [4.69, 9.17) is 4.42 Å². The Bertz CT molecular complexity index is 706. The van der Waals surface area contributed by atoms with Crippen LogP contribution < -0.4 is 0 Å². The summed E-state index contributed by atoms with van der Waals surface area (Å²) in [5.74, 6) is 1.48. The second-order valence-electron chi connectivity index (χ2n) is 8.02. The fourth-order valence-corrected chi connectivity index (χ4v) is 4.69. The van der Waals surface area contributed by atoms with Gasteiger partial charge in [-0.05, 0) is 56.3 Å². The van der Waals surface area contributed by atoms with Gasteiger partial charge in [0.2, 0.25) is 11.8 Å². The van der Waals surface area contributed by atoms with Crippen molar-refractivity contribution in [2.24, 2.45) is 5.41 Å². The number of likely N-dealkylation sites (tertiary alicyclic amines) is 2. The van der Waals surface area contributed by atoms with E-state index in [0.717, 1.165) is 31.8 Å². The monoisotopic (exact) mass is 354 g/mol. The molecule has 4 rings (SSSR count). The largest absolute Gasteiger partial charge is 0.424 e. The van der Waals surface area contributed by atoms with E-state index in [9.17, 15) is 0 Å². The quantitative estimate of drug-likeness (QED) is 0.823. The zero-order valence-electron chi connectivity index (χ0n) is 16.0. The molecule has 1 spiro atoms. The fraction of sp³-hybridized carbons (Fsp3) is 0.619. The van der Waals surface area contributed by atoms with Gasteiger partial charge in [0.1, 0.15) is 0 Å². The minimum atomic E-state index is 0.271. The van der Waals surface area contributed by atoms with Crippen LogP contribution in [0.25, 0.3) is 0 Å². The molecule has 140 valence electrons. The summed E-state index contributed by atoms with van der Waals surface area (Å²) in [4.78, 5) is 5.17. The highest BCUT2D eigenvalue weighted by Crippen LogP contribution is 2.48. The lowest BCUT2D eigenvalue weighted by Gasteiger charge is -2.39. The number of aromatic nitrogens is 2. The van der Waals surface area contributed by atoms with Crippen LogP contribution in [0.1, 0.15) is 49.6 Å². The van der Waals surface area contributed by atoms with Crippen LogP contribution in [0.4, 0.5) is 0 Å². The lowest BCUT2D eigenvalue weighted by molar-refractivity contribution is 0.112. The van der Waals surface area contributed by atoms with Gasteiger partial charge in [-0.15, -0.1) is 10.2 Å². The van der Waals surface area contributed by atoms with Gasteiger partial charge in [0.05, 0.1) is 6.04 Å². The number of hydrogen-bond acceptors (Lipinski definition) is 5. The van der Waals surface area contributed by atoms with Crippen LogP contribution in [0.2, 0.25) is 0 Å². The van der Waals surface area contributed by atoms with Crippen LogP contribution in [-0.4, -0.2) is 52.7 Å². The molecule has 3 heterocycles. The fourth-order valence-electron chi connectivity index (χ4n) is 4.69. The Morgan fingerprint density at radius 3 is 2.58 bits per heavy atom. The Hall–Kier alpha value is -1.72. The van der Waals surface area contributed by atoms with E-state index in [1.165, 1.54) is 38.0 Å². The number of benzene rings is 1. The average Bonchev–Trinajstić information content (AvgIpc) is 3.25. The van der Waals surface area contributed by atoms with Gasteiger partial charge in [-0.3, -0.25) is 4.90 Å². The van der Waals surface area contributed by atoms with E-state index in [0.29, 0.717) is 11.3 Å². The molecule has 5 heteroatoms. The molecule has 1 unspecified atom stereocenters. The van der Waals surface area contributed by atoms with Crippen LogP contribution in [-0.2, 0) is 6.42 Å². The summed E-state index contributed by atoms with van der Waals surface area (Å²) in [7, 11) is 0. The number of rotatable bonds is 5. The van der Waals surface area contributed by atoms with Crippen molar-refractivity contribution in [1.29, 1.82) is 0 Å². The van der Waals surface area contributed by atoms with Crippen molar-refractivity contribution in [2.45, 2.75) is 45.6 Å². The molecule has 0 aliphatic carbocycles. The number of aryl methyl sites for hydroxylation is 1. The van der Waals surface area contributed by atoms with Gasteiger partial charge >= 0.3 is 0 Å². The molecule has 0 bridgehead atoms. The number of nitrogens with zero attached hydrogens (tertiary/aromatic N) is 4. The first-order chi connectivity index (χ1) is 12.7. The van der Waals surface area contributed by atoms with Crippen LogP contribution in [0, 0.1) is 12.3 Å². The number of hydrogen-bond donors (Lipinski definition) is 0. The van der Waals surface area contributed by atoms with Crippen molar-refractivity contribution >= 4 is 0 Å². The third-order valence-corrected chi connectivity index (χ3v) is 6.33. The molecule has 5 nitrogen and oxygen atoms in total. The molecule has 0 radical (unpaired) electrons. The molecule has 2 aliphatic heterocycles. The van der Waals surface area contributed by atoms with E-state index >= 15 is 0 Å². The predicted octanol–water partition coefficient (Wildman–Crippen LogP) is 3.47. The third kappa shape index (κ3) is 3.69. The maximum Gasteiger partial charge on any atom is 0.233 e. The smallest absolute Gasteiger partial charge is 0.233 e. The first-order valence-electron chi connectivity index (χ1n) is 9.98.